The summed E-state index contributed by atoms with van der Waals surface area (Å²) in [5.74, 6) is 1.66. The van der Waals surface area contributed by atoms with Crippen molar-refractivity contribution < 1.29 is 9.15 Å². The first kappa shape index (κ1) is 17.5. The third-order valence-corrected chi connectivity index (χ3v) is 4.88. The van der Waals surface area contributed by atoms with E-state index in [2.05, 4.69) is 35.2 Å². The average Bonchev–Trinajstić information content (AvgIpc) is 3.17. The van der Waals surface area contributed by atoms with Gasteiger partial charge in [0.05, 0.1) is 30.9 Å². The summed E-state index contributed by atoms with van der Waals surface area (Å²) in [6.45, 7) is 3.28. The highest BCUT2D eigenvalue weighted by molar-refractivity contribution is 5.66. The fraction of sp³-hybridized carbons (Fsp3) is 0.261. The van der Waals surface area contributed by atoms with Crippen LogP contribution in [0.25, 0.3) is 11.3 Å². The first-order chi connectivity index (χ1) is 13.3. The van der Waals surface area contributed by atoms with Gasteiger partial charge in [0.25, 0.3) is 0 Å². The Labute approximate surface area is 159 Å². The number of nitrogens with zero attached hydrogens (tertiary/aromatic N) is 2. The van der Waals surface area contributed by atoms with E-state index in [0.29, 0.717) is 5.56 Å². The third kappa shape index (κ3) is 4.28. The molecule has 2 aromatic carbocycles. The Morgan fingerprint density at radius 1 is 1.00 bits per heavy atom. The molecule has 1 aromatic heterocycles. The first-order valence-corrected chi connectivity index (χ1v) is 9.28. The molecule has 1 saturated heterocycles. The molecule has 1 aliphatic heterocycles. The van der Waals surface area contributed by atoms with Gasteiger partial charge in [0.1, 0.15) is 11.5 Å². The molecule has 4 rings (SSSR count). The van der Waals surface area contributed by atoms with Crippen LogP contribution in [0.2, 0.25) is 0 Å². The smallest absolute Gasteiger partial charge is 0.135 e. The van der Waals surface area contributed by atoms with Crippen molar-refractivity contribution in [2.75, 3.05) is 19.7 Å². The quantitative estimate of drug-likeness (QED) is 0.684. The zero-order valence-corrected chi connectivity index (χ0v) is 15.2. The van der Waals surface area contributed by atoms with Gasteiger partial charge in [0.2, 0.25) is 0 Å². The minimum atomic E-state index is 0.204. The van der Waals surface area contributed by atoms with Crippen molar-refractivity contribution in [2.45, 2.75) is 19.1 Å². The van der Waals surface area contributed by atoms with Crippen LogP contribution in [0.15, 0.2) is 71.1 Å². The highest BCUT2D eigenvalue weighted by Crippen LogP contribution is 2.26. The lowest BCUT2D eigenvalue weighted by Gasteiger charge is -2.32. The summed E-state index contributed by atoms with van der Waals surface area (Å²) in [4.78, 5) is 2.37. The second-order valence-corrected chi connectivity index (χ2v) is 6.84. The molecule has 3 aromatic rings. The van der Waals surface area contributed by atoms with E-state index in [4.69, 9.17) is 9.15 Å². The molecular weight excluding hydrogens is 336 g/mol. The van der Waals surface area contributed by atoms with Gasteiger partial charge in [0.15, 0.2) is 0 Å². The maximum absolute atomic E-state index is 9.28. The molecule has 1 aliphatic rings. The van der Waals surface area contributed by atoms with Gasteiger partial charge in [0, 0.05) is 18.7 Å². The van der Waals surface area contributed by atoms with E-state index in [1.807, 2.05) is 42.5 Å². The van der Waals surface area contributed by atoms with Crippen LogP contribution >= 0.6 is 0 Å². The highest BCUT2D eigenvalue weighted by atomic mass is 16.5. The monoisotopic (exact) mass is 358 g/mol. The van der Waals surface area contributed by atoms with Crippen LogP contribution in [0.5, 0.6) is 0 Å². The molecule has 0 aliphatic carbocycles. The second-order valence-electron chi connectivity index (χ2n) is 6.84. The second kappa shape index (κ2) is 8.22. The number of ether oxygens (including phenoxy) is 1. The molecule has 0 amide bonds. The van der Waals surface area contributed by atoms with Crippen LogP contribution in [0.4, 0.5) is 0 Å². The molecule has 1 fully saturated rings. The zero-order valence-electron chi connectivity index (χ0n) is 15.2. The molecule has 27 heavy (non-hydrogen) atoms. The first-order valence-electron chi connectivity index (χ1n) is 9.28. The summed E-state index contributed by atoms with van der Waals surface area (Å²) in [6.07, 6.45) is 1.13. The number of hydrogen-bond acceptors (Lipinski definition) is 4. The molecule has 0 saturated carbocycles. The zero-order chi connectivity index (χ0) is 18.5. The largest absolute Gasteiger partial charge is 0.460 e. The van der Waals surface area contributed by atoms with Crippen LogP contribution in [-0.4, -0.2) is 30.7 Å². The van der Waals surface area contributed by atoms with Crippen LogP contribution in [-0.2, 0) is 17.7 Å². The average molecular weight is 358 g/mol. The van der Waals surface area contributed by atoms with Crippen LogP contribution in [0.3, 0.4) is 0 Å². The molecule has 4 heteroatoms. The molecule has 0 unspecified atom stereocenters. The van der Waals surface area contributed by atoms with Crippen LogP contribution in [0.1, 0.15) is 16.9 Å². The lowest BCUT2D eigenvalue weighted by molar-refractivity contribution is -0.0321. The van der Waals surface area contributed by atoms with Gasteiger partial charge in [-0.2, -0.15) is 5.26 Å². The summed E-state index contributed by atoms with van der Waals surface area (Å²) in [6, 6.07) is 24.2. The maximum atomic E-state index is 9.28. The normalized spacial score (nSPS) is 17.5. The molecule has 4 nitrogen and oxygen atoms in total. The van der Waals surface area contributed by atoms with Gasteiger partial charge in [-0.3, -0.25) is 4.90 Å². The van der Waals surface area contributed by atoms with Crippen molar-refractivity contribution in [2.24, 2.45) is 0 Å². The van der Waals surface area contributed by atoms with Crippen molar-refractivity contribution in [3.63, 3.8) is 0 Å². The molecule has 0 bridgehead atoms. The van der Waals surface area contributed by atoms with E-state index in [-0.39, 0.29) is 6.10 Å². The Hall–Kier alpha value is -2.87. The van der Waals surface area contributed by atoms with Gasteiger partial charge >= 0.3 is 0 Å². The van der Waals surface area contributed by atoms with Gasteiger partial charge in [-0.25, -0.2) is 0 Å². The Morgan fingerprint density at radius 2 is 1.81 bits per heavy atom. The number of benzene rings is 2. The molecule has 1 atom stereocenters. The van der Waals surface area contributed by atoms with Gasteiger partial charge in [-0.15, -0.1) is 0 Å². The highest BCUT2D eigenvalue weighted by Gasteiger charge is 2.22. The van der Waals surface area contributed by atoms with Gasteiger partial charge in [-0.1, -0.05) is 42.5 Å². The van der Waals surface area contributed by atoms with Crippen molar-refractivity contribution in [1.29, 1.82) is 5.26 Å². The van der Waals surface area contributed by atoms with E-state index in [1.165, 1.54) is 5.56 Å². The van der Waals surface area contributed by atoms with E-state index < -0.39 is 0 Å². The van der Waals surface area contributed by atoms with E-state index in [0.717, 1.165) is 49.7 Å². The van der Waals surface area contributed by atoms with E-state index >= 15 is 0 Å². The lowest BCUT2D eigenvalue weighted by Crippen LogP contribution is -2.42. The predicted molar refractivity (Wildman–Crippen MR) is 104 cm³/mol. The molecule has 0 spiro atoms. The minimum absolute atomic E-state index is 0.204. The summed E-state index contributed by atoms with van der Waals surface area (Å²) >= 11 is 0. The van der Waals surface area contributed by atoms with Crippen molar-refractivity contribution >= 4 is 0 Å². The predicted octanol–water partition coefficient (Wildman–Crippen LogP) is 4.26. The van der Waals surface area contributed by atoms with Crippen LogP contribution in [0, 0.1) is 11.3 Å². The van der Waals surface area contributed by atoms with E-state index in [1.54, 1.807) is 0 Å². The topological polar surface area (TPSA) is 49.4 Å². The standard InChI is InChI=1S/C23H22N2O2/c24-15-19-8-4-5-9-22(19)23-11-10-20(27-23)16-25-12-13-26-21(17-25)14-18-6-2-1-3-7-18/h1-11,21H,12-14,16-17H2/t21-/m0/s1. The molecular formula is C23H22N2O2. The summed E-state index contributed by atoms with van der Waals surface area (Å²) < 4.78 is 12.0. The molecule has 0 radical (unpaired) electrons. The number of rotatable bonds is 5. The Morgan fingerprint density at radius 3 is 2.67 bits per heavy atom. The lowest BCUT2D eigenvalue weighted by atomic mass is 10.1. The Bertz CT molecular complexity index is 927. The number of furan rings is 1. The molecule has 0 N–H and O–H groups in total. The summed E-state index contributed by atoms with van der Waals surface area (Å²) in [7, 11) is 0. The third-order valence-electron chi connectivity index (χ3n) is 4.88. The number of nitriles is 1. The van der Waals surface area contributed by atoms with E-state index in [9.17, 15) is 5.26 Å². The number of hydrogen-bond donors (Lipinski definition) is 0. The molecule has 136 valence electrons. The fourth-order valence-corrected chi connectivity index (χ4v) is 3.55. The minimum Gasteiger partial charge on any atom is -0.460 e. The van der Waals surface area contributed by atoms with Crippen LogP contribution < -0.4 is 0 Å². The van der Waals surface area contributed by atoms with Gasteiger partial charge < -0.3 is 9.15 Å². The summed E-state index contributed by atoms with van der Waals surface area (Å²) in [5, 5.41) is 9.28. The number of morpholine rings is 1. The van der Waals surface area contributed by atoms with Gasteiger partial charge in [-0.05, 0) is 36.2 Å². The SMILES string of the molecule is N#Cc1ccccc1-c1ccc(CN2CCO[C@@H](Cc3ccccc3)C2)o1. The Balaban J connectivity index is 1.41. The summed E-state index contributed by atoms with van der Waals surface area (Å²) in [5.41, 5.74) is 2.78. The van der Waals surface area contributed by atoms with Crippen molar-refractivity contribution in [3.8, 4) is 17.4 Å². The maximum Gasteiger partial charge on any atom is 0.135 e. The van der Waals surface area contributed by atoms with Crippen molar-refractivity contribution in [1.82, 2.24) is 4.90 Å². The Kier molecular flexibility index (Phi) is 5.34. The van der Waals surface area contributed by atoms with Crippen molar-refractivity contribution in [3.05, 3.63) is 83.6 Å². The fourth-order valence-electron chi connectivity index (χ4n) is 3.55. The molecule has 2 heterocycles.